The van der Waals surface area contributed by atoms with Gasteiger partial charge in [-0.15, -0.1) is 0 Å². The quantitative estimate of drug-likeness (QED) is 0.728. The van der Waals surface area contributed by atoms with Gasteiger partial charge in [0, 0.05) is 0 Å². The summed E-state index contributed by atoms with van der Waals surface area (Å²) in [6.07, 6.45) is 1.64. The third kappa shape index (κ3) is 5.22. The highest BCUT2D eigenvalue weighted by atomic mass is 32.2. The molecule has 0 radical (unpaired) electrons. The Labute approximate surface area is 165 Å². The van der Waals surface area contributed by atoms with Crippen LogP contribution in [0, 0.1) is 5.82 Å². The maximum atomic E-state index is 13.2. The first-order chi connectivity index (χ1) is 13.2. The maximum absolute atomic E-state index is 13.2. The number of ether oxygens (including phenoxy) is 1. The fourth-order valence-corrected chi connectivity index (χ4v) is 4.12. The van der Waals surface area contributed by atoms with Gasteiger partial charge in [-0.05, 0) is 55.3 Å². The number of nitrogens with zero attached hydrogens (tertiary/aromatic N) is 1. The molecule has 1 amide bonds. The number of amides is 1. The number of halogens is 1. The summed E-state index contributed by atoms with van der Waals surface area (Å²) in [4.78, 5) is 12.8. The van der Waals surface area contributed by atoms with Gasteiger partial charge in [-0.25, -0.2) is 12.8 Å². The zero-order valence-corrected chi connectivity index (χ0v) is 17.2. The van der Waals surface area contributed by atoms with E-state index in [9.17, 15) is 17.6 Å². The highest BCUT2D eigenvalue weighted by Gasteiger charge is 2.30. The second kappa shape index (κ2) is 9.05. The van der Waals surface area contributed by atoms with E-state index in [1.165, 1.54) is 19.1 Å². The number of sulfonamides is 1. The van der Waals surface area contributed by atoms with Crippen LogP contribution < -0.4 is 14.4 Å². The molecule has 0 aliphatic carbocycles. The Hall–Kier alpha value is -2.61. The normalized spacial score (nSPS) is 13.5. The average molecular weight is 408 g/mol. The molecule has 0 spiro atoms. The third-order valence-corrected chi connectivity index (χ3v) is 5.65. The van der Waals surface area contributed by atoms with E-state index in [1.807, 2.05) is 19.1 Å². The van der Waals surface area contributed by atoms with Gasteiger partial charge in [0.25, 0.3) is 0 Å². The molecule has 8 heteroatoms. The number of hydrogen-bond acceptors (Lipinski definition) is 4. The van der Waals surface area contributed by atoms with Crippen LogP contribution in [0.15, 0.2) is 48.5 Å². The molecule has 2 rings (SSSR count). The van der Waals surface area contributed by atoms with Gasteiger partial charge in [0.2, 0.25) is 15.9 Å². The maximum Gasteiger partial charge on any atom is 0.244 e. The van der Waals surface area contributed by atoms with Crippen molar-refractivity contribution in [2.24, 2.45) is 0 Å². The first kappa shape index (κ1) is 21.7. The van der Waals surface area contributed by atoms with Gasteiger partial charge in [0.05, 0.1) is 25.1 Å². The minimum absolute atomic E-state index is 0.226. The smallest absolute Gasteiger partial charge is 0.244 e. The molecule has 0 aliphatic rings. The molecule has 1 N–H and O–H groups in total. The molecule has 6 nitrogen and oxygen atoms in total. The molecular formula is C20H25FN2O4S. The van der Waals surface area contributed by atoms with Crippen LogP contribution in [0.2, 0.25) is 0 Å². The number of carbonyl (C=O) groups excluding carboxylic acids is 1. The Bertz CT molecular complexity index is 899. The summed E-state index contributed by atoms with van der Waals surface area (Å²) >= 11 is 0. The molecule has 0 saturated heterocycles. The van der Waals surface area contributed by atoms with Crippen molar-refractivity contribution in [3.05, 3.63) is 59.9 Å². The van der Waals surface area contributed by atoms with Crippen LogP contribution in [0.3, 0.4) is 0 Å². The molecular weight excluding hydrogens is 383 g/mol. The predicted molar refractivity (Wildman–Crippen MR) is 107 cm³/mol. The lowest BCUT2D eigenvalue weighted by Crippen LogP contribution is -2.48. The third-order valence-electron chi connectivity index (χ3n) is 4.41. The molecule has 152 valence electrons. The molecule has 28 heavy (non-hydrogen) atoms. The molecule has 0 aliphatic heterocycles. The Morgan fingerprint density at radius 2 is 1.71 bits per heavy atom. The van der Waals surface area contributed by atoms with Crippen LogP contribution in [0.4, 0.5) is 10.1 Å². The minimum atomic E-state index is -3.76. The molecule has 0 heterocycles. The second-order valence-corrected chi connectivity index (χ2v) is 8.31. The average Bonchev–Trinajstić information content (AvgIpc) is 2.66. The van der Waals surface area contributed by atoms with E-state index in [0.29, 0.717) is 12.2 Å². The number of rotatable bonds is 8. The fraction of sp³-hybridized carbons (Fsp3) is 0.350. The van der Waals surface area contributed by atoms with Gasteiger partial charge >= 0.3 is 0 Å². The van der Waals surface area contributed by atoms with Gasteiger partial charge in [-0.1, -0.05) is 19.1 Å². The minimum Gasteiger partial charge on any atom is -0.497 e. The van der Waals surface area contributed by atoms with Gasteiger partial charge in [-0.3, -0.25) is 9.10 Å². The molecule has 2 atom stereocenters. The van der Waals surface area contributed by atoms with Crippen molar-refractivity contribution in [3.63, 3.8) is 0 Å². The molecule has 2 aromatic carbocycles. The predicted octanol–water partition coefficient (Wildman–Crippen LogP) is 3.26. The summed E-state index contributed by atoms with van der Waals surface area (Å²) in [6, 6.07) is 11.0. The summed E-state index contributed by atoms with van der Waals surface area (Å²) in [7, 11) is -2.18. The van der Waals surface area contributed by atoms with Crippen molar-refractivity contribution in [1.29, 1.82) is 0 Å². The van der Waals surface area contributed by atoms with Crippen molar-refractivity contribution in [2.45, 2.75) is 32.4 Å². The zero-order valence-electron chi connectivity index (χ0n) is 16.3. The number of anilines is 1. The molecule has 0 bridgehead atoms. The lowest BCUT2D eigenvalue weighted by molar-refractivity contribution is -0.122. The van der Waals surface area contributed by atoms with Crippen LogP contribution >= 0.6 is 0 Å². The summed E-state index contributed by atoms with van der Waals surface area (Å²) in [6.45, 7) is 3.43. The van der Waals surface area contributed by atoms with Crippen LogP contribution in [-0.4, -0.2) is 33.7 Å². The van der Waals surface area contributed by atoms with Gasteiger partial charge < -0.3 is 10.1 Å². The van der Waals surface area contributed by atoms with E-state index in [-0.39, 0.29) is 11.7 Å². The van der Waals surface area contributed by atoms with Crippen molar-refractivity contribution in [1.82, 2.24) is 5.32 Å². The number of nitrogens with one attached hydrogen (secondary N) is 1. The van der Waals surface area contributed by atoms with Gasteiger partial charge in [-0.2, -0.15) is 0 Å². The van der Waals surface area contributed by atoms with E-state index < -0.39 is 27.8 Å². The van der Waals surface area contributed by atoms with E-state index in [1.54, 1.807) is 19.2 Å². The fourth-order valence-electron chi connectivity index (χ4n) is 2.95. The van der Waals surface area contributed by atoms with Crippen LogP contribution in [0.5, 0.6) is 5.75 Å². The zero-order chi connectivity index (χ0) is 20.9. The molecule has 0 fully saturated rings. The van der Waals surface area contributed by atoms with E-state index >= 15 is 0 Å². The van der Waals surface area contributed by atoms with Crippen molar-refractivity contribution in [3.8, 4) is 5.75 Å². The first-order valence-corrected chi connectivity index (χ1v) is 10.7. The van der Waals surface area contributed by atoms with Crippen molar-refractivity contribution >= 4 is 21.6 Å². The molecule has 0 saturated carbocycles. The SMILES string of the molecule is CC[C@@H](NC(=O)[C@H](C)N(c1ccc(F)cc1)S(C)(=O)=O)c1ccc(OC)cc1. The number of carbonyl (C=O) groups is 1. The second-order valence-electron chi connectivity index (χ2n) is 6.45. The monoisotopic (exact) mass is 408 g/mol. The first-order valence-electron chi connectivity index (χ1n) is 8.86. The van der Waals surface area contributed by atoms with Gasteiger partial charge in [0.15, 0.2) is 0 Å². The summed E-state index contributed by atoms with van der Waals surface area (Å²) in [5.74, 6) is -0.227. The highest BCUT2D eigenvalue weighted by Crippen LogP contribution is 2.23. The van der Waals surface area contributed by atoms with Crippen LogP contribution in [0.1, 0.15) is 31.9 Å². The van der Waals surface area contributed by atoms with Crippen LogP contribution in [-0.2, 0) is 14.8 Å². The summed E-state index contributed by atoms with van der Waals surface area (Å²) in [5, 5.41) is 2.89. The van der Waals surface area contributed by atoms with E-state index in [4.69, 9.17) is 4.74 Å². The number of methoxy groups -OCH3 is 1. The standard InChI is InChI=1S/C20H25FN2O4S/c1-5-19(15-6-12-18(27-3)13-7-15)22-20(24)14(2)23(28(4,25)26)17-10-8-16(21)9-11-17/h6-14,19H,5H2,1-4H3,(H,22,24)/t14-,19+/m0/s1. The van der Waals surface area contributed by atoms with Gasteiger partial charge in [0.1, 0.15) is 17.6 Å². The molecule has 0 aromatic heterocycles. The van der Waals surface area contributed by atoms with Crippen LogP contribution in [0.25, 0.3) is 0 Å². The highest BCUT2D eigenvalue weighted by molar-refractivity contribution is 7.92. The Morgan fingerprint density at radius 3 is 2.18 bits per heavy atom. The van der Waals surface area contributed by atoms with E-state index in [0.717, 1.165) is 28.3 Å². The largest absolute Gasteiger partial charge is 0.497 e. The molecule has 0 unspecified atom stereocenters. The lowest BCUT2D eigenvalue weighted by atomic mass is 10.0. The Kier molecular flexibility index (Phi) is 7.01. The van der Waals surface area contributed by atoms with Crippen molar-refractivity contribution in [2.75, 3.05) is 17.7 Å². The summed E-state index contributed by atoms with van der Waals surface area (Å²) < 4.78 is 43.9. The Morgan fingerprint density at radius 1 is 1.14 bits per heavy atom. The van der Waals surface area contributed by atoms with E-state index in [2.05, 4.69) is 5.32 Å². The van der Waals surface area contributed by atoms with Crippen molar-refractivity contribution < 1.29 is 22.3 Å². The topological polar surface area (TPSA) is 75.7 Å². The number of benzene rings is 2. The number of hydrogen-bond donors (Lipinski definition) is 1. The molecule has 2 aromatic rings. The summed E-state index contributed by atoms with van der Waals surface area (Å²) in [5.41, 5.74) is 1.11. The lowest BCUT2D eigenvalue weighted by Gasteiger charge is -2.29. The Balaban J connectivity index is 2.24.